The summed E-state index contributed by atoms with van der Waals surface area (Å²) < 4.78 is 5.26. The normalized spacial score (nSPS) is 24.3. The van der Waals surface area contributed by atoms with Crippen molar-refractivity contribution in [1.82, 2.24) is 0 Å². The van der Waals surface area contributed by atoms with Crippen LogP contribution in [0.5, 0.6) is 0 Å². The molecule has 2 atom stereocenters. The summed E-state index contributed by atoms with van der Waals surface area (Å²) in [4.78, 5) is 11.7. The molecule has 2 rings (SSSR count). The molecule has 3 nitrogen and oxygen atoms in total. The van der Waals surface area contributed by atoms with Gasteiger partial charge >= 0.3 is 5.97 Å². The van der Waals surface area contributed by atoms with Crippen molar-refractivity contribution >= 4 is 5.97 Å². The maximum atomic E-state index is 11.7. The molecule has 1 aromatic carbocycles. The molecular formula is C13H17NO2. The first-order chi connectivity index (χ1) is 7.77. The van der Waals surface area contributed by atoms with Gasteiger partial charge in [-0.2, -0.15) is 0 Å². The molecule has 2 N–H and O–H groups in total. The summed E-state index contributed by atoms with van der Waals surface area (Å²) in [6.07, 6.45) is 2.84. The molecule has 0 aliphatic heterocycles. The van der Waals surface area contributed by atoms with Gasteiger partial charge in [-0.15, -0.1) is 0 Å². The molecule has 86 valence electrons. The average Bonchev–Trinajstić information content (AvgIpc) is 2.74. The van der Waals surface area contributed by atoms with Crippen molar-refractivity contribution in [3.8, 4) is 0 Å². The number of rotatable bonds is 3. The molecule has 1 aliphatic rings. The van der Waals surface area contributed by atoms with E-state index < -0.39 is 0 Å². The van der Waals surface area contributed by atoms with Crippen LogP contribution in [0.15, 0.2) is 30.3 Å². The predicted molar refractivity (Wildman–Crippen MR) is 61.6 cm³/mol. The Labute approximate surface area is 95.6 Å². The molecule has 0 radical (unpaired) electrons. The van der Waals surface area contributed by atoms with E-state index >= 15 is 0 Å². The van der Waals surface area contributed by atoms with E-state index in [-0.39, 0.29) is 17.9 Å². The van der Waals surface area contributed by atoms with Gasteiger partial charge in [0.1, 0.15) is 6.61 Å². The molecule has 0 amide bonds. The molecule has 1 aromatic rings. The van der Waals surface area contributed by atoms with Crippen LogP contribution in [0.4, 0.5) is 0 Å². The van der Waals surface area contributed by atoms with Gasteiger partial charge < -0.3 is 10.5 Å². The molecule has 3 heteroatoms. The number of esters is 1. The third kappa shape index (κ3) is 2.61. The number of carbonyl (C=O) groups is 1. The lowest BCUT2D eigenvalue weighted by Gasteiger charge is -2.14. The summed E-state index contributed by atoms with van der Waals surface area (Å²) in [5.74, 6) is -0.238. The van der Waals surface area contributed by atoms with E-state index in [1.54, 1.807) is 0 Å². The highest BCUT2D eigenvalue weighted by molar-refractivity contribution is 5.73. The fourth-order valence-corrected chi connectivity index (χ4v) is 2.12. The largest absolute Gasteiger partial charge is 0.461 e. The fraction of sp³-hybridized carbons (Fsp3) is 0.462. The van der Waals surface area contributed by atoms with Crippen LogP contribution in [0.1, 0.15) is 24.8 Å². The number of carbonyl (C=O) groups excluding carboxylic acids is 1. The minimum Gasteiger partial charge on any atom is -0.461 e. The van der Waals surface area contributed by atoms with E-state index in [1.165, 1.54) is 0 Å². The van der Waals surface area contributed by atoms with Gasteiger partial charge in [-0.3, -0.25) is 4.79 Å². The highest BCUT2D eigenvalue weighted by Crippen LogP contribution is 2.25. The second-order valence-electron chi connectivity index (χ2n) is 4.29. The SMILES string of the molecule is N[C@@H]1CCC[C@@H]1C(=O)OCc1ccccc1. The Kier molecular flexibility index (Phi) is 3.57. The van der Waals surface area contributed by atoms with Gasteiger partial charge in [0, 0.05) is 6.04 Å². The van der Waals surface area contributed by atoms with E-state index in [0.717, 1.165) is 24.8 Å². The number of hydrogen-bond acceptors (Lipinski definition) is 3. The smallest absolute Gasteiger partial charge is 0.310 e. The van der Waals surface area contributed by atoms with E-state index in [0.29, 0.717) is 6.61 Å². The topological polar surface area (TPSA) is 52.3 Å². The minimum absolute atomic E-state index is 0.0109. The van der Waals surface area contributed by atoms with Crippen molar-refractivity contribution in [2.75, 3.05) is 0 Å². The average molecular weight is 219 g/mol. The van der Waals surface area contributed by atoms with Crippen molar-refractivity contribution < 1.29 is 9.53 Å². The molecule has 0 spiro atoms. The Morgan fingerprint density at radius 2 is 2.06 bits per heavy atom. The summed E-state index contributed by atoms with van der Waals surface area (Å²) in [6.45, 7) is 0.350. The van der Waals surface area contributed by atoms with Crippen molar-refractivity contribution in [2.24, 2.45) is 11.7 Å². The summed E-state index contributed by atoms with van der Waals surface area (Å²) in [5, 5.41) is 0. The van der Waals surface area contributed by atoms with Gasteiger partial charge in [-0.25, -0.2) is 0 Å². The minimum atomic E-state index is -0.145. The molecule has 0 heterocycles. The van der Waals surface area contributed by atoms with Gasteiger partial charge in [0.2, 0.25) is 0 Å². The number of nitrogens with two attached hydrogens (primary N) is 1. The van der Waals surface area contributed by atoms with Crippen molar-refractivity contribution in [3.05, 3.63) is 35.9 Å². The van der Waals surface area contributed by atoms with Crippen LogP contribution in [-0.4, -0.2) is 12.0 Å². The van der Waals surface area contributed by atoms with Crippen molar-refractivity contribution in [3.63, 3.8) is 0 Å². The van der Waals surface area contributed by atoms with Crippen LogP contribution in [0.2, 0.25) is 0 Å². The molecule has 0 saturated heterocycles. The first kappa shape index (κ1) is 11.1. The lowest BCUT2D eigenvalue weighted by atomic mass is 10.1. The summed E-state index contributed by atoms with van der Waals surface area (Å²) in [6, 6.07) is 9.69. The molecule has 1 aliphatic carbocycles. The summed E-state index contributed by atoms with van der Waals surface area (Å²) in [7, 11) is 0. The van der Waals surface area contributed by atoms with Crippen LogP contribution in [-0.2, 0) is 16.1 Å². The number of ether oxygens (including phenoxy) is 1. The van der Waals surface area contributed by atoms with Gasteiger partial charge in [0.15, 0.2) is 0 Å². The maximum absolute atomic E-state index is 11.7. The predicted octanol–water partition coefficient (Wildman–Crippen LogP) is 1.86. The second kappa shape index (κ2) is 5.12. The van der Waals surface area contributed by atoms with Crippen LogP contribution in [0.3, 0.4) is 0 Å². The first-order valence-electron chi connectivity index (χ1n) is 5.73. The maximum Gasteiger partial charge on any atom is 0.310 e. The highest BCUT2D eigenvalue weighted by Gasteiger charge is 2.31. The first-order valence-corrected chi connectivity index (χ1v) is 5.73. The third-order valence-electron chi connectivity index (χ3n) is 3.10. The Hall–Kier alpha value is -1.35. The molecular weight excluding hydrogens is 202 g/mol. The zero-order valence-electron chi connectivity index (χ0n) is 9.26. The second-order valence-corrected chi connectivity index (χ2v) is 4.29. The summed E-state index contributed by atoms with van der Waals surface area (Å²) in [5.41, 5.74) is 6.86. The molecule has 1 fully saturated rings. The van der Waals surface area contributed by atoms with E-state index in [4.69, 9.17) is 10.5 Å². The van der Waals surface area contributed by atoms with Gasteiger partial charge in [0.05, 0.1) is 5.92 Å². The van der Waals surface area contributed by atoms with Crippen molar-refractivity contribution in [2.45, 2.75) is 31.9 Å². The van der Waals surface area contributed by atoms with Crippen LogP contribution in [0, 0.1) is 5.92 Å². The van der Waals surface area contributed by atoms with E-state index in [2.05, 4.69) is 0 Å². The molecule has 0 unspecified atom stereocenters. The van der Waals surface area contributed by atoms with Gasteiger partial charge in [-0.1, -0.05) is 36.8 Å². The fourth-order valence-electron chi connectivity index (χ4n) is 2.12. The standard InChI is InChI=1S/C13H17NO2/c14-12-8-4-7-11(12)13(15)16-9-10-5-2-1-3-6-10/h1-3,5-6,11-12H,4,7-9,14H2/t11-,12+/m0/s1. The van der Waals surface area contributed by atoms with Crippen molar-refractivity contribution in [1.29, 1.82) is 0 Å². The van der Waals surface area contributed by atoms with Gasteiger partial charge in [-0.05, 0) is 18.4 Å². The summed E-state index contributed by atoms with van der Waals surface area (Å²) >= 11 is 0. The van der Waals surface area contributed by atoms with Crippen LogP contribution in [0.25, 0.3) is 0 Å². The number of hydrogen-bond donors (Lipinski definition) is 1. The van der Waals surface area contributed by atoms with Gasteiger partial charge in [0.25, 0.3) is 0 Å². The lowest BCUT2D eigenvalue weighted by molar-refractivity contribution is -0.150. The Morgan fingerprint density at radius 1 is 1.31 bits per heavy atom. The Morgan fingerprint density at radius 3 is 2.69 bits per heavy atom. The zero-order chi connectivity index (χ0) is 11.4. The Balaban J connectivity index is 1.84. The number of benzene rings is 1. The van der Waals surface area contributed by atoms with E-state index in [1.807, 2.05) is 30.3 Å². The molecule has 0 aromatic heterocycles. The zero-order valence-corrected chi connectivity index (χ0v) is 9.26. The van der Waals surface area contributed by atoms with E-state index in [9.17, 15) is 4.79 Å². The quantitative estimate of drug-likeness (QED) is 0.789. The van der Waals surface area contributed by atoms with Crippen LogP contribution < -0.4 is 5.73 Å². The molecule has 1 saturated carbocycles. The third-order valence-corrected chi connectivity index (χ3v) is 3.10. The lowest BCUT2D eigenvalue weighted by Crippen LogP contribution is -2.31. The molecule has 0 bridgehead atoms. The highest BCUT2D eigenvalue weighted by atomic mass is 16.5. The monoisotopic (exact) mass is 219 g/mol. The van der Waals surface area contributed by atoms with Crippen LogP contribution >= 0.6 is 0 Å². The molecule has 16 heavy (non-hydrogen) atoms. The Bertz CT molecular complexity index is 350.